The standard InChI is InChI=1S/C75H100F3N15O9S/c1-49-66(103-48-85-49)52-10-11-53(38-82-68(98)59-33-55(94)40-93(59)69(99)67(71(2,3)4)86-70(100)75(78)12-13-75)60(32-52)102-43-65(97)79-20-28-101-29-27-89-23-16-73(44-89)17-24-90(45-73)41-63(95)81-37-51-9-7-8-50(30-51)36-80-61-35-62(84-47-83-61)91-25-18-74(19-26-91)46-92(42-64(96)87-74)58-34-56(76)54(31-57(58)77)39-88-21-14-72(5,6)15-22-88/h7-11,30-32,34-35,47-48,55,59,67,94H,12-29,33,36-46H2,1-6H3,(H,79,97)(H,81,95)(H,82,98)(H,86,100)(H,87,96)(H,80,83,84)/t55-,59+,67-,73-/m1/s1. The smallest absolute Gasteiger partial charge is 0.258 e. The van der Waals surface area contributed by atoms with Crippen LogP contribution in [-0.4, -0.2) is 216 Å². The maximum absolute atomic E-state index is 15.8. The lowest BCUT2D eigenvalue weighted by Gasteiger charge is -2.48. The van der Waals surface area contributed by atoms with Crippen LogP contribution in [0.15, 0.2) is 72.5 Å². The zero-order valence-electron chi connectivity index (χ0n) is 60.2. The van der Waals surface area contributed by atoms with Crippen molar-refractivity contribution >= 4 is 64.1 Å². The van der Waals surface area contributed by atoms with E-state index < -0.39 is 64.2 Å². The van der Waals surface area contributed by atoms with Gasteiger partial charge in [-0.1, -0.05) is 71.0 Å². The molecule has 28 heteroatoms. The average Bonchev–Trinajstić information content (AvgIpc) is 0.898. The number of carbonyl (C=O) groups is 6. The molecule has 12 rings (SSSR count). The van der Waals surface area contributed by atoms with Crippen molar-refractivity contribution in [1.29, 1.82) is 0 Å². The Kier molecular flexibility index (Phi) is 23.0. The number of carbonyl (C=O) groups excluding carboxylic acids is 6. The van der Waals surface area contributed by atoms with Crippen molar-refractivity contribution in [2.75, 3.05) is 127 Å². The molecule has 3 aromatic carbocycles. The van der Waals surface area contributed by atoms with Gasteiger partial charge in [0.25, 0.3) is 11.8 Å². The molecular formula is C75H100F3N15O9S. The number of halogens is 3. The molecule has 556 valence electrons. The van der Waals surface area contributed by atoms with Gasteiger partial charge in [0.05, 0.1) is 59.7 Å². The van der Waals surface area contributed by atoms with Gasteiger partial charge in [-0.05, 0) is 130 Å². The first-order chi connectivity index (χ1) is 49.2. The highest BCUT2D eigenvalue weighted by atomic mass is 32.1. The van der Waals surface area contributed by atoms with Crippen molar-refractivity contribution in [3.05, 3.63) is 112 Å². The Bertz CT molecular complexity index is 3890. The third-order valence-electron chi connectivity index (χ3n) is 21.7. The first kappa shape index (κ1) is 74.7. The van der Waals surface area contributed by atoms with E-state index in [1.165, 1.54) is 34.7 Å². The second-order valence-electron chi connectivity index (χ2n) is 31.4. The number of anilines is 3. The number of alkyl halides is 1. The fraction of sp³-hybridized carbons (Fsp3) is 0.587. The second-order valence-corrected chi connectivity index (χ2v) is 32.3. The minimum Gasteiger partial charge on any atom is -0.483 e. The van der Waals surface area contributed by atoms with Crippen LogP contribution < -0.4 is 46.4 Å². The average molecular weight is 1440 g/mol. The number of β-amino-alcohol motifs (C(OH)–C–C–N with tert-alkyl or cyclic N) is 1. The van der Waals surface area contributed by atoms with Crippen molar-refractivity contribution in [1.82, 2.24) is 61.1 Å². The highest BCUT2D eigenvalue weighted by molar-refractivity contribution is 7.13. The van der Waals surface area contributed by atoms with Gasteiger partial charge in [0, 0.05) is 108 Å². The van der Waals surface area contributed by atoms with Gasteiger partial charge in [-0.3, -0.25) is 38.6 Å². The number of nitrogens with zero attached hydrogens (tertiary/aromatic N) is 9. The van der Waals surface area contributed by atoms with E-state index in [9.17, 15) is 38.3 Å². The quantitative estimate of drug-likeness (QED) is 0.0287. The van der Waals surface area contributed by atoms with Crippen LogP contribution in [-0.2, 0) is 59.7 Å². The molecule has 1 saturated carbocycles. The first-order valence-electron chi connectivity index (χ1n) is 36.3. The minimum atomic E-state index is -2.01. The molecule has 0 bridgehead atoms. The number of hydrogen-bond donors (Lipinski definition) is 7. The van der Waals surface area contributed by atoms with Crippen molar-refractivity contribution in [2.24, 2.45) is 16.2 Å². The number of benzene rings is 3. The maximum Gasteiger partial charge on any atom is 0.258 e. The lowest BCUT2D eigenvalue weighted by Crippen LogP contribution is -2.66. The largest absolute Gasteiger partial charge is 0.483 e. The number of aryl methyl sites for hydroxylation is 1. The minimum absolute atomic E-state index is 0.0260. The summed E-state index contributed by atoms with van der Waals surface area (Å²) >= 11 is 1.46. The van der Waals surface area contributed by atoms with Crippen LogP contribution in [0.4, 0.5) is 30.5 Å². The predicted octanol–water partition coefficient (Wildman–Crippen LogP) is 6.23. The van der Waals surface area contributed by atoms with Crippen molar-refractivity contribution < 1.29 is 56.5 Å². The molecule has 1 aliphatic carbocycles. The SMILES string of the molecule is Cc1ncsc1-c1ccc(CNC(=O)[C@@H]2C[C@@H](O)CN2C(=O)[C@@H](NC(=O)C2(F)CC2)C(C)(C)C)c(OCC(=O)NCCOCCN2CC[C@@]3(CCN(CC(=O)NCc4cccc(CNc5cc(N6CCC7(CC6)CN(c6cc(F)c(CN8CCC(C)(C)CC8)cc6F)CC(=O)N7)ncn5)c4)C3)C2)c1. The molecule has 24 nitrogen and oxygen atoms in total. The van der Waals surface area contributed by atoms with Crippen LogP contribution in [0, 0.1) is 34.8 Å². The number of piperidine rings is 2. The number of hydrogen-bond acceptors (Lipinski definition) is 19. The highest BCUT2D eigenvalue weighted by Crippen LogP contribution is 2.42. The maximum atomic E-state index is 15.8. The van der Waals surface area contributed by atoms with E-state index in [0.29, 0.717) is 94.6 Å². The Morgan fingerprint density at radius 3 is 2.24 bits per heavy atom. The fourth-order valence-electron chi connectivity index (χ4n) is 15.2. The molecular weight excluding hydrogens is 1340 g/mol. The Labute approximate surface area is 605 Å². The van der Waals surface area contributed by atoms with Gasteiger partial charge >= 0.3 is 0 Å². The monoisotopic (exact) mass is 1440 g/mol. The zero-order chi connectivity index (χ0) is 72.8. The third kappa shape index (κ3) is 18.9. The van der Waals surface area contributed by atoms with Gasteiger partial charge in [-0.15, -0.1) is 11.3 Å². The highest BCUT2D eigenvalue weighted by Gasteiger charge is 2.54. The van der Waals surface area contributed by atoms with Crippen LogP contribution in [0.2, 0.25) is 0 Å². The van der Waals surface area contributed by atoms with E-state index >= 15 is 8.78 Å². The number of piperazine rings is 1. The second kappa shape index (κ2) is 31.7. The summed E-state index contributed by atoms with van der Waals surface area (Å²) in [4.78, 5) is 107. The van der Waals surface area contributed by atoms with Gasteiger partial charge in [-0.25, -0.2) is 28.1 Å². The Balaban J connectivity index is 0.532. The van der Waals surface area contributed by atoms with Crippen LogP contribution in [0.1, 0.15) is 120 Å². The predicted molar refractivity (Wildman–Crippen MR) is 385 cm³/mol. The number of nitrogens with one attached hydrogen (secondary N) is 6. The topological polar surface area (TPSA) is 271 Å². The molecule has 7 fully saturated rings. The van der Waals surface area contributed by atoms with Crippen LogP contribution in [0.25, 0.3) is 10.4 Å². The van der Waals surface area contributed by atoms with E-state index in [1.807, 2.05) is 37.3 Å². The molecule has 0 radical (unpaired) electrons. The number of amides is 6. The van der Waals surface area contributed by atoms with E-state index in [1.54, 1.807) is 43.3 Å². The molecule has 2 aromatic heterocycles. The molecule has 0 unspecified atom stereocenters. The summed E-state index contributed by atoms with van der Waals surface area (Å²) in [5, 5.41) is 28.8. The van der Waals surface area contributed by atoms with Crippen LogP contribution >= 0.6 is 11.3 Å². The Hall–Kier alpha value is -8.02. The summed E-state index contributed by atoms with van der Waals surface area (Å²) in [6.45, 7) is 21.2. The molecule has 8 heterocycles. The van der Waals surface area contributed by atoms with Gasteiger partial charge in [0.1, 0.15) is 47.4 Å². The molecule has 6 amide bonds. The molecule has 7 aliphatic rings. The fourth-order valence-corrected chi connectivity index (χ4v) is 16.0. The molecule has 103 heavy (non-hydrogen) atoms. The lowest BCUT2D eigenvalue weighted by molar-refractivity contribution is -0.145. The lowest BCUT2D eigenvalue weighted by atomic mass is 9.82. The Morgan fingerprint density at radius 2 is 1.50 bits per heavy atom. The van der Waals surface area contributed by atoms with Crippen molar-refractivity contribution in [3.8, 4) is 16.2 Å². The number of thiazole rings is 1. The van der Waals surface area contributed by atoms with Gasteiger partial charge < -0.3 is 66.1 Å². The van der Waals surface area contributed by atoms with Crippen LogP contribution in [0.5, 0.6) is 5.75 Å². The normalized spacial score (nSPS) is 22.1. The van der Waals surface area contributed by atoms with Crippen molar-refractivity contribution in [2.45, 2.75) is 155 Å². The number of aliphatic hydroxyl groups excluding tert-OH is 1. The Morgan fingerprint density at radius 1 is 0.767 bits per heavy atom. The van der Waals surface area contributed by atoms with Gasteiger partial charge in [-0.2, -0.15) is 0 Å². The molecule has 5 aromatic rings. The summed E-state index contributed by atoms with van der Waals surface area (Å²) in [6.07, 6.45) is 5.93. The molecule has 7 N–H and O–H groups in total. The molecule has 6 saturated heterocycles. The summed E-state index contributed by atoms with van der Waals surface area (Å²) in [6, 6.07) is 15.8. The summed E-state index contributed by atoms with van der Waals surface area (Å²) in [5.74, 6) is -1.80. The number of aliphatic hydroxyl groups is 1. The van der Waals surface area contributed by atoms with Crippen LogP contribution in [0.3, 0.4) is 0 Å². The zero-order valence-corrected chi connectivity index (χ0v) is 61.0. The molecule has 2 spiro atoms. The third-order valence-corrected chi connectivity index (χ3v) is 22.7. The van der Waals surface area contributed by atoms with E-state index in [-0.39, 0.29) is 86.3 Å². The van der Waals surface area contributed by atoms with E-state index in [0.717, 1.165) is 105 Å². The number of aromatic nitrogens is 3. The summed E-state index contributed by atoms with van der Waals surface area (Å²) in [5.41, 5.74) is 3.31. The van der Waals surface area contributed by atoms with E-state index in [4.69, 9.17) is 9.47 Å². The summed E-state index contributed by atoms with van der Waals surface area (Å²) in [7, 11) is 0. The van der Waals surface area contributed by atoms with Gasteiger partial charge in [0.15, 0.2) is 12.3 Å². The van der Waals surface area contributed by atoms with Crippen molar-refractivity contribution in [3.63, 3.8) is 0 Å². The number of ether oxygens (including phenoxy) is 2. The first-order valence-corrected chi connectivity index (χ1v) is 37.2. The molecule has 4 atom stereocenters. The van der Waals surface area contributed by atoms with E-state index in [2.05, 4.69) is 86.4 Å². The number of rotatable bonds is 27. The van der Waals surface area contributed by atoms with Gasteiger partial charge in [0.2, 0.25) is 23.6 Å². The summed E-state index contributed by atoms with van der Waals surface area (Å²) < 4.78 is 58.3. The molecule has 6 aliphatic heterocycles. The number of likely N-dealkylation sites (tertiary alicyclic amines) is 4.